The van der Waals surface area contributed by atoms with E-state index in [1.807, 2.05) is 6.92 Å². The fourth-order valence-corrected chi connectivity index (χ4v) is 1.59. The summed E-state index contributed by atoms with van der Waals surface area (Å²) in [4.78, 5) is 15.6. The first-order valence-electron chi connectivity index (χ1n) is 6.49. The third kappa shape index (κ3) is 3.78. The van der Waals surface area contributed by atoms with Crippen molar-refractivity contribution >= 4 is 17.1 Å². The standard InChI is InChI=1S/C12H19N5O3/c1-3-13-12-16-10-9(14-8-15-10)11(17-12)20-7-6-19-5-4-18-2/h8H,3-7H2,1-2H3,(H2,13,14,15,16,17). The Morgan fingerprint density at radius 1 is 1.20 bits per heavy atom. The summed E-state index contributed by atoms with van der Waals surface area (Å²) in [6, 6.07) is 0. The van der Waals surface area contributed by atoms with Crippen LogP contribution >= 0.6 is 0 Å². The molecule has 0 bridgehead atoms. The summed E-state index contributed by atoms with van der Waals surface area (Å²) >= 11 is 0. The number of aromatic nitrogens is 4. The van der Waals surface area contributed by atoms with E-state index in [1.54, 1.807) is 13.4 Å². The topological polar surface area (TPSA) is 94.2 Å². The molecule has 0 unspecified atom stereocenters. The highest BCUT2D eigenvalue weighted by Crippen LogP contribution is 2.20. The van der Waals surface area contributed by atoms with Crippen LogP contribution in [0.3, 0.4) is 0 Å². The number of hydrogen-bond acceptors (Lipinski definition) is 7. The van der Waals surface area contributed by atoms with Gasteiger partial charge in [0.05, 0.1) is 26.1 Å². The summed E-state index contributed by atoms with van der Waals surface area (Å²) in [7, 11) is 1.64. The van der Waals surface area contributed by atoms with Crippen LogP contribution in [0.5, 0.6) is 5.88 Å². The summed E-state index contributed by atoms with van der Waals surface area (Å²) in [5.41, 5.74) is 1.26. The number of H-pyrrole nitrogens is 1. The lowest BCUT2D eigenvalue weighted by atomic mass is 10.5. The van der Waals surface area contributed by atoms with Crippen LogP contribution in [-0.4, -0.2) is 60.0 Å². The molecule has 20 heavy (non-hydrogen) atoms. The summed E-state index contributed by atoms with van der Waals surface area (Å²) in [5, 5.41) is 3.04. The molecule has 0 saturated carbocycles. The van der Waals surface area contributed by atoms with E-state index >= 15 is 0 Å². The Morgan fingerprint density at radius 2 is 2.05 bits per heavy atom. The van der Waals surface area contributed by atoms with Crippen LogP contribution in [0, 0.1) is 0 Å². The molecular formula is C12H19N5O3. The third-order valence-electron chi connectivity index (χ3n) is 2.49. The van der Waals surface area contributed by atoms with Crippen molar-refractivity contribution in [1.82, 2.24) is 19.9 Å². The monoisotopic (exact) mass is 281 g/mol. The first-order valence-corrected chi connectivity index (χ1v) is 6.49. The van der Waals surface area contributed by atoms with Crippen LogP contribution in [0.4, 0.5) is 5.95 Å². The van der Waals surface area contributed by atoms with Crippen LogP contribution in [0.1, 0.15) is 6.92 Å². The molecule has 0 aromatic carbocycles. The highest BCUT2D eigenvalue weighted by molar-refractivity contribution is 5.76. The number of methoxy groups -OCH3 is 1. The molecule has 8 nitrogen and oxygen atoms in total. The predicted molar refractivity (Wildman–Crippen MR) is 74.0 cm³/mol. The van der Waals surface area contributed by atoms with E-state index in [4.69, 9.17) is 14.2 Å². The van der Waals surface area contributed by atoms with Crippen LogP contribution in [-0.2, 0) is 9.47 Å². The van der Waals surface area contributed by atoms with Gasteiger partial charge in [0.1, 0.15) is 12.1 Å². The minimum atomic E-state index is 0.403. The Balaban J connectivity index is 1.95. The molecule has 0 spiro atoms. The molecule has 0 radical (unpaired) electrons. The van der Waals surface area contributed by atoms with Gasteiger partial charge in [-0.05, 0) is 6.92 Å². The maximum absolute atomic E-state index is 5.62. The first kappa shape index (κ1) is 14.5. The zero-order chi connectivity index (χ0) is 14.2. The molecule has 0 fully saturated rings. The van der Waals surface area contributed by atoms with E-state index < -0.39 is 0 Å². The Hall–Kier alpha value is -1.93. The average Bonchev–Trinajstić information content (AvgIpc) is 2.91. The molecule has 0 aliphatic heterocycles. The second kappa shape index (κ2) is 7.61. The number of rotatable bonds is 9. The zero-order valence-electron chi connectivity index (χ0n) is 11.7. The zero-order valence-corrected chi connectivity index (χ0v) is 11.7. The molecule has 2 heterocycles. The van der Waals surface area contributed by atoms with Gasteiger partial charge in [-0.15, -0.1) is 0 Å². The Labute approximate surface area is 116 Å². The molecule has 2 rings (SSSR count). The average molecular weight is 281 g/mol. The number of hydrogen-bond donors (Lipinski definition) is 2. The summed E-state index contributed by atoms with van der Waals surface area (Å²) in [5.74, 6) is 0.973. The van der Waals surface area contributed by atoms with Gasteiger partial charge in [-0.1, -0.05) is 0 Å². The molecule has 2 aromatic heterocycles. The van der Waals surface area contributed by atoms with Crippen LogP contribution in [0.15, 0.2) is 6.33 Å². The Morgan fingerprint density at radius 3 is 2.85 bits per heavy atom. The van der Waals surface area contributed by atoms with E-state index in [0.717, 1.165) is 6.54 Å². The molecular weight excluding hydrogens is 262 g/mol. The highest BCUT2D eigenvalue weighted by atomic mass is 16.5. The normalized spacial score (nSPS) is 10.9. The fraction of sp³-hybridized carbons (Fsp3) is 0.583. The van der Waals surface area contributed by atoms with Gasteiger partial charge in [-0.2, -0.15) is 9.97 Å². The molecule has 0 aliphatic rings. The molecule has 0 saturated heterocycles. The highest BCUT2D eigenvalue weighted by Gasteiger charge is 2.10. The van der Waals surface area contributed by atoms with Crippen molar-refractivity contribution in [3.05, 3.63) is 6.33 Å². The fourth-order valence-electron chi connectivity index (χ4n) is 1.59. The summed E-state index contributed by atoms with van der Waals surface area (Å²) in [6.07, 6.45) is 1.57. The maximum Gasteiger partial charge on any atom is 0.245 e. The lowest BCUT2D eigenvalue weighted by Gasteiger charge is -2.08. The van der Waals surface area contributed by atoms with Crippen LogP contribution < -0.4 is 10.1 Å². The van der Waals surface area contributed by atoms with E-state index in [2.05, 4.69) is 25.3 Å². The van der Waals surface area contributed by atoms with Crippen molar-refractivity contribution in [2.24, 2.45) is 0 Å². The van der Waals surface area contributed by atoms with Gasteiger partial charge < -0.3 is 24.5 Å². The van der Waals surface area contributed by atoms with E-state index in [-0.39, 0.29) is 0 Å². The molecule has 110 valence electrons. The quantitative estimate of drug-likeness (QED) is 0.657. The first-order chi connectivity index (χ1) is 9.85. The number of fused-ring (bicyclic) bond motifs is 1. The predicted octanol–water partition coefficient (Wildman–Crippen LogP) is 0.826. The van der Waals surface area contributed by atoms with Gasteiger partial charge >= 0.3 is 0 Å². The summed E-state index contributed by atoms with van der Waals surface area (Å²) in [6.45, 7) is 4.70. The van der Waals surface area contributed by atoms with Crippen molar-refractivity contribution in [1.29, 1.82) is 0 Å². The van der Waals surface area contributed by atoms with Crippen molar-refractivity contribution in [3.63, 3.8) is 0 Å². The van der Waals surface area contributed by atoms with E-state index in [1.165, 1.54) is 0 Å². The number of anilines is 1. The van der Waals surface area contributed by atoms with Crippen molar-refractivity contribution < 1.29 is 14.2 Å². The van der Waals surface area contributed by atoms with Crippen molar-refractivity contribution in [2.45, 2.75) is 6.92 Å². The number of nitrogens with zero attached hydrogens (tertiary/aromatic N) is 3. The maximum atomic E-state index is 5.62. The Bertz CT molecular complexity index is 531. The van der Waals surface area contributed by atoms with Gasteiger partial charge in [0, 0.05) is 13.7 Å². The van der Waals surface area contributed by atoms with Gasteiger partial charge in [-0.3, -0.25) is 0 Å². The van der Waals surface area contributed by atoms with E-state index in [9.17, 15) is 0 Å². The third-order valence-corrected chi connectivity index (χ3v) is 2.49. The minimum Gasteiger partial charge on any atom is -0.474 e. The number of nitrogens with one attached hydrogen (secondary N) is 2. The molecule has 2 N–H and O–H groups in total. The number of aromatic amines is 1. The van der Waals surface area contributed by atoms with Crippen molar-refractivity contribution in [3.8, 4) is 5.88 Å². The van der Waals surface area contributed by atoms with Gasteiger partial charge in [0.25, 0.3) is 0 Å². The lowest BCUT2D eigenvalue weighted by molar-refractivity contribution is 0.0539. The molecule has 0 atom stereocenters. The molecule has 8 heteroatoms. The van der Waals surface area contributed by atoms with Gasteiger partial charge in [0.15, 0.2) is 5.65 Å². The summed E-state index contributed by atoms with van der Waals surface area (Å²) < 4.78 is 15.8. The second-order valence-electron chi connectivity index (χ2n) is 3.94. The van der Waals surface area contributed by atoms with Gasteiger partial charge in [0.2, 0.25) is 11.8 Å². The van der Waals surface area contributed by atoms with E-state index in [0.29, 0.717) is 49.4 Å². The second-order valence-corrected chi connectivity index (χ2v) is 3.94. The SMILES string of the molecule is CCNc1nc(OCCOCCOC)c2[nH]cnc2n1. The lowest BCUT2D eigenvalue weighted by Crippen LogP contribution is -2.11. The number of ether oxygens (including phenoxy) is 3. The Kier molecular flexibility index (Phi) is 5.51. The smallest absolute Gasteiger partial charge is 0.245 e. The molecule has 0 aliphatic carbocycles. The van der Waals surface area contributed by atoms with Gasteiger partial charge in [-0.25, -0.2) is 4.98 Å². The molecule has 2 aromatic rings. The van der Waals surface area contributed by atoms with Crippen LogP contribution in [0.2, 0.25) is 0 Å². The van der Waals surface area contributed by atoms with Crippen LogP contribution in [0.25, 0.3) is 11.2 Å². The largest absolute Gasteiger partial charge is 0.474 e. The minimum absolute atomic E-state index is 0.403. The van der Waals surface area contributed by atoms with Crippen molar-refractivity contribution in [2.75, 3.05) is 45.4 Å². The molecule has 0 amide bonds. The number of imidazole rings is 1.